The lowest BCUT2D eigenvalue weighted by molar-refractivity contribution is -0.121. The zero-order chi connectivity index (χ0) is 21.3. The molecule has 1 aliphatic heterocycles. The van der Waals surface area contributed by atoms with E-state index in [1.165, 1.54) is 0 Å². The van der Waals surface area contributed by atoms with Crippen LogP contribution in [0.5, 0.6) is 0 Å². The van der Waals surface area contributed by atoms with Crippen LogP contribution in [-0.2, 0) is 14.8 Å². The first-order valence-corrected chi connectivity index (χ1v) is 11.6. The van der Waals surface area contributed by atoms with Crippen LogP contribution >= 0.6 is 24.0 Å². The number of rotatable bonds is 8. The van der Waals surface area contributed by atoms with E-state index in [0.29, 0.717) is 18.9 Å². The SMILES string of the molecule is CCNC(=NCCNS(=O)(=O)c1ccc(C)cc1)N1CCC(CC(=O)NC)CC1.I. The van der Waals surface area contributed by atoms with Gasteiger partial charge < -0.3 is 15.5 Å². The van der Waals surface area contributed by atoms with E-state index in [0.717, 1.165) is 44.0 Å². The highest BCUT2D eigenvalue weighted by Gasteiger charge is 2.23. The molecule has 3 N–H and O–H groups in total. The third kappa shape index (κ3) is 8.38. The predicted molar refractivity (Wildman–Crippen MR) is 131 cm³/mol. The van der Waals surface area contributed by atoms with E-state index >= 15 is 0 Å². The van der Waals surface area contributed by atoms with E-state index in [2.05, 4.69) is 25.2 Å². The first-order valence-electron chi connectivity index (χ1n) is 10.2. The maximum absolute atomic E-state index is 12.3. The van der Waals surface area contributed by atoms with Crippen LogP contribution in [0.25, 0.3) is 0 Å². The number of halogens is 1. The Morgan fingerprint density at radius 3 is 2.40 bits per heavy atom. The van der Waals surface area contributed by atoms with Crippen molar-refractivity contribution in [1.82, 2.24) is 20.3 Å². The summed E-state index contributed by atoms with van der Waals surface area (Å²) in [5.74, 6) is 1.28. The third-order valence-electron chi connectivity index (χ3n) is 5.00. The second-order valence-electron chi connectivity index (χ2n) is 7.25. The summed E-state index contributed by atoms with van der Waals surface area (Å²) in [6.07, 6.45) is 2.45. The number of aryl methyl sites for hydroxylation is 1. The number of aliphatic imine (C=N–C) groups is 1. The van der Waals surface area contributed by atoms with Crippen molar-refractivity contribution >= 4 is 45.9 Å². The van der Waals surface area contributed by atoms with Gasteiger partial charge in [-0.15, -0.1) is 24.0 Å². The molecule has 0 aromatic heterocycles. The van der Waals surface area contributed by atoms with Gasteiger partial charge in [0.25, 0.3) is 0 Å². The topological polar surface area (TPSA) is 103 Å². The highest BCUT2D eigenvalue weighted by Crippen LogP contribution is 2.20. The number of nitrogens with one attached hydrogen (secondary N) is 3. The molecule has 8 nitrogen and oxygen atoms in total. The number of carbonyl (C=O) groups excluding carboxylic acids is 1. The standard InChI is InChI=1S/C20H33N5O3S.HI/c1-4-22-20(25-13-9-17(10-14-25)15-19(26)21-3)23-11-12-24-29(27,28)18-7-5-16(2)6-8-18;/h5-8,17,24H,4,9-15H2,1-3H3,(H,21,26)(H,22,23);1H. The van der Waals surface area contributed by atoms with E-state index < -0.39 is 10.0 Å². The number of guanidine groups is 1. The van der Waals surface area contributed by atoms with Crippen LogP contribution in [0.15, 0.2) is 34.2 Å². The monoisotopic (exact) mass is 551 g/mol. The Morgan fingerprint density at radius 2 is 1.83 bits per heavy atom. The molecule has 30 heavy (non-hydrogen) atoms. The van der Waals surface area contributed by atoms with E-state index in [1.807, 2.05) is 13.8 Å². The summed E-state index contributed by atoms with van der Waals surface area (Å²) < 4.78 is 27.3. The zero-order valence-corrected chi connectivity index (χ0v) is 21.1. The van der Waals surface area contributed by atoms with Gasteiger partial charge in [-0.05, 0) is 44.7 Å². The van der Waals surface area contributed by atoms with Crippen LogP contribution in [0.2, 0.25) is 0 Å². The van der Waals surface area contributed by atoms with Crippen LogP contribution in [-0.4, -0.2) is 65.0 Å². The maximum atomic E-state index is 12.3. The molecule has 1 saturated heterocycles. The second kappa shape index (κ2) is 13.1. The number of piperidine rings is 1. The predicted octanol–water partition coefficient (Wildman–Crippen LogP) is 1.70. The van der Waals surface area contributed by atoms with Crippen LogP contribution < -0.4 is 15.4 Å². The molecule has 1 aliphatic rings. The second-order valence-corrected chi connectivity index (χ2v) is 9.02. The molecule has 0 bridgehead atoms. The average molecular weight is 551 g/mol. The van der Waals surface area contributed by atoms with Crippen molar-refractivity contribution in [1.29, 1.82) is 0 Å². The van der Waals surface area contributed by atoms with E-state index in [4.69, 9.17) is 0 Å². The third-order valence-corrected chi connectivity index (χ3v) is 6.48. The van der Waals surface area contributed by atoms with E-state index in [1.54, 1.807) is 31.3 Å². The first kappa shape index (κ1) is 26.6. The van der Waals surface area contributed by atoms with Crippen molar-refractivity contribution in [2.75, 3.05) is 39.8 Å². The number of amides is 1. The molecule has 2 rings (SSSR count). The number of hydrogen-bond acceptors (Lipinski definition) is 4. The van der Waals surface area contributed by atoms with Crippen molar-refractivity contribution in [2.45, 2.75) is 38.0 Å². The molecular weight excluding hydrogens is 517 g/mol. The van der Waals surface area contributed by atoms with Gasteiger partial charge in [-0.25, -0.2) is 13.1 Å². The normalized spacial score (nSPS) is 15.4. The lowest BCUT2D eigenvalue weighted by Crippen LogP contribution is -2.46. The van der Waals surface area contributed by atoms with E-state index in [-0.39, 0.29) is 41.3 Å². The summed E-state index contributed by atoms with van der Waals surface area (Å²) in [5.41, 5.74) is 1.02. The number of carbonyl (C=O) groups is 1. The highest BCUT2D eigenvalue weighted by molar-refractivity contribution is 14.0. The fourth-order valence-corrected chi connectivity index (χ4v) is 4.30. The summed E-state index contributed by atoms with van der Waals surface area (Å²) in [6.45, 7) is 6.93. The summed E-state index contributed by atoms with van der Waals surface area (Å²) in [5, 5.41) is 5.96. The summed E-state index contributed by atoms with van der Waals surface area (Å²) in [6, 6.07) is 6.77. The molecule has 0 spiro atoms. The number of likely N-dealkylation sites (tertiary alicyclic amines) is 1. The smallest absolute Gasteiger partial charge is 0.240 e. The summed E-state index contributed by atoms with van der Waals surface area (Å²) in [7, 11) is -1.86. The van der Waals surface area contributed by atoms with Crippen LogP contribution in [0.4, 0.5) is 0 Å². The number of nitrogens with zero attached hydrogens (tertiary/aromatic N) is 2. The lowest BCUT2D eigenvalue weighted by Gasteiger charge is -2.34. The fourth-order valence-electron chi connectivity index (χ4n) is 3.28. The average Bonchev–Trinajstić information content (AvgIpc) is 2.71. The highest BCUT2D eigenvalue weighted by atomic mass is 127. The number of hydrogen-bond donors (Lipinski definition) is 3. The number of sulfonamides is 1. The molecule has 1 aromatic rings. The van der Waals surface area contributed by atoms with Gasteiger partial charge in [-0.1, -0.05) is 17.7 Å². The molecule has 170 valence electrons. The molecule has 10 heteroatoms. The quantitative estimate of drug-likeness (QED) is 0.198. The van der Waals surface area contributed by atoms with Gasteiger partial charge in [0, 0.05) is 39.6 Å². The Balaban J connectivity index is 0.00000450. The van der Waals surface area contributed by atoms with Crippen molar-refractivity contribution in [2.24, 2.45) is 10.9 Å². The lowest BCUT2D eigenvalue weighted by atomic mass is 9.93. The zero-order valence-electron chi connectivity index (χ0n) is 18.0. The van der Waals surface area contributed by atoms with Gasteiger partial charge in [0.1, 0.15) is 0 Å². The maximum Gasteiger partial charge on any atom is 0.240 e. The Morgan fingerprint density at radius 1 is 1.20 bits per heavy atom. The minimum atomic E-state index is -3.52. The van der Waals surface area contributed by atoms with Crippen molar-refractivity contribution < 1.29 is 13.2 Å². The van der Waals surface area contributed by atoms with Crippen LogP contribution in [0.3, 0.4) is 0 Å². The van der Waals surface area contributed by atoms with Gasteiger partial charge >= 0.3 is 0 Å². The van der Waals surface area contributed by atoms with E-state index in [9.17, 15) is 13.2 Å². The molecule has 1 amide bonds. The Kier molecular flexibility index (Phi) is 11.6. The molecule has 0 radical (unpaired) electrons. The van der Waals surface area contributed by atoms with Crippen molar-refractivity contribution in [3.05, 3.63) is 29.8 Å². The largest absolute Gasteiger partial charge is 0.359 e. The minimum Gasteiger partial charge on any atom is -0.359 e. The molecule has 1 heterocycles. The van der Waals surface area contributed by atoms with Crippen molar-refractivity contribution in [3.63, 3.8) is 0 Å². The summed E-state index contributed by atoms with van der Waals surface area (Å²) >= 11 is 0. The Hall–Kier alpha value is -1.40. The van der Waals surface area contributed by atoms with Crippen molar-refractivity contribution in [3.8, 4) is 0 Å². The Labute approximate surface area is 197 Å². The first-order chi connectivity index (χ1) is 13.9. The molecule has 0 atom stereocenters. The van der Waals surface area contributed by atoms with Gasteiger partial charge in [0.2, 0.25) is 15.9 Å². The molecule has 0 saturated carbocycles. The molecule has 1 fully saturated rings. The number of benzene rings is 1. The van der Waals surface area contributed by atoms with Gasteiger partial charge in [0.05, 0.1) is 11.4 Å². The van der Waals surface area contributed by atoms with Gasteiger partial charge in [-0.2, -0.15) is 0 Å². The molecule has 0 unspecified atom stereocenters. The Bertz CT molecular complexity index is 791. The van der Waals surface area contributed by atoms with Crippen LogP contribution in [0, 0.1) is 12.8 Å². The van der Waals surface area contributed by atoms with Crippen LogP contribution in [0.1, 0.15) is 31.7 Å². The fraction of sp³-hybridized carbons (Fsp3) is 0.600. The molecule has 1 aromatic carbocycles. The minimum absolute atomic E-state index is 0. The van der Waals surface area contributed by atoms with Gasteiger partial charge in [0.15, 0.2) is 5.96 Å². The summed E-state index contributed by atoms with van der Waals surface area (Å²) in [4.78, 5) is 18.6. The molecule has 0 aliphatic carbocycles. The van der Waals surface area contributed by atoms with Gasteiger partial charge in [-0.3, -0.25) is 9.79 Å². The molecular formula is C20H34IN5O3S.